The summed E-state index contributed by atoms with van der Waals surface area (Å²) in [5, 5.41) is 0. The normalized spacial score (nSPS) is 11.5. The molecule has 7 heteroatoms. The summed E-state index contributed by atoms with van der Waals surface area (Å²) in [4.78, 5) is 12.2. The molecule has 0 spiro atoms. The average Bonchev–Trinajstić information content (AvgIpc) is 2.97. The molecule has 2 aromatic rings. The van der Waals surface area contributed by atoms with Gasteiger partial charge in [0.25, 0.3) is 10.0 Å². The van der Waals surface area contributed by atoms with E-state index in [1.165, 1.54) is 31.5 Å². The van der Waals surface area contributed by atoms with E-state index >= 15 is 0 Å². The van der Waals surface area contributed by atoms with Crippen LogP contribution < -0.4 is 0 Å². The third-order valence-corrected chi connectivity index (χ3v) is 5.67. The number of methoxy groups -OCH3 is 1. The van der Waals surface area contributed by atoms with Crippen LogP contribution in [0.2, 0.25) is 19.6 Å². The molecule has 0 aliphatic rings. The zero-order valence-corrected chi connectivity index (χ0v) is 15.8. The molecule has 0 aliphatic heterocycles. The van der Waals surface area contributed by atoms with Crippen LogP contribution in [0, 0.1) is 11.5 Å². The van der Waals surface area contributed by atoms with Gasteiger partial charge in [0.1, 0.15) is 8.07 Å². The van der Waals surface area contributed by atoms with Gasteiger partial charge in [0.2, 0.25) is 0 Å². The summed E-state index contributed by atoms with van der Waals surface area (Å²) in [5.41, 5.74) is 3.41. The van der Waals surface area contributed by atoms with E-state index in [2.05, 4.69) is 31.1 Å². The molecule has 0 radical (unpaired) electrons. The first kappa shape index (κ1) is 18.0. The van der Waals surface area contributed by atoms with Crippen molar-refractivity contribution < 1.29 is 17.9 Å². The van der Waals surface area contributed by atoms with Crippen LogP contribution in [0.1, 0.15) is 16.1 Å². The molecule has 2 rings (SSSR count). The van der Waals surface area contributed by atoms with E-state index in [1.807, 2.05) is 0 Å². The van der Waals surface area contributed by atoms with Crippen LogP contribution in [0.15, 0.2) is 47.5 Å². The second-order valence-corrected chi connectivity index (χ2v) is 12.7. The van der Waals surface area contributed by atoms with Gasteiger partial charge in [0, 0.05) is 6.20 Å². The number of ether oxygens (including phenoxy) is 1. The molecular weight excluding hydrogens is 342 g/mol. The van der Waals surface area contributed by atoms with E-state index < -0.39 is 24.1 Å². The maximum Gasteiger partial charge on any atom is 0.357 e. The van der Waals surface area contributed by atoms with Crippen LogP contribution in [0.4, 0.5) is 0 Å². The summed E-state index contributed by atoms with van der Waals surface area (Å²) < 4.78 is 31.3. The number of carbonyl (C=O) groups excluding carboxylic acids is 1. The van der Waals surface area contributed by atoms with Gasteiger partial charge in [-0.15, -0.1) is 5.54 Å². The minimum atomic E-state index is -3.90. The highest BCUT2D eigenvalue weighted by Crippen LogP contribution is 2.20. The lowest BCUT2D eigenvalue weighted by atomic mass is 10.2. The number of rotatable bonds is 3. The Bertz CT molecular complexity index is 913. The number of esters is 1. The van der Waals surface area contributed by atoms with E-state index in [9.17, 15) is 13.2 Å². The first-order valence-corrected chi connectivity index (χ1v) is 12.2. The summed E-state index contributed by atoms with van der Waals surface area (Å²) >= 11 is 0. The highest BCUT2D eigenvalue weighted by atomic mass is 32.2. The Labute approximate surface area is 143 Å². The van der Waals surface area contributed by atoms with E-state index in [4.69, 9.17) is 4.74 Å². The van der Waals surface area contributed by atoms with Gasteiger partial charge < -0.3 is 4.74 Å². The van der Waals surface area contributed by atoms with Gasteiger partial charge in [-0.25, -0.2) is 17.2 Å². The van der Waals surface area contributed by atoms with E-state index in [-0.39, 0.29) is 10.6 Å². The first-order valence-electron chi connectivity index (χ1n) is 7.30. The lowest BCUT2D eigenvalue weighted by Crippen LogP contribution is -2.20. The van der Waals surface area contributed by atoms with Crippen molar-refractivity contribution in [1.82, 2.24) is 3.97 Å². The minimum Gasteiger partial charge on any atom is -0.464 e. The van der Waals surface area contributed by atoms with Crippen LogP contribution in [0.25, 0.3) is 0 Å². The number of hydrogen-bond acceptors (Lipinski definition) is 4. The van der Waals surface area contributed by atoms with Crippen molar-refractivity contribution in [3.05, 3.63) is 53.9 Å². The molecule has 0 atom stereocenters. The maximum absolute atomic E-state index is 12.8. The highest BCUT2D eigenvalue weighted by molar-refractivity contribution is 7.90. The van der Waals surface area contributed by atoms with E-state index in [1.54, 1.807) is 18.2 Å². The zero-order valence-electron chi connectivity index (χ0n) is 14.0. The molecule has 24 heavy (non-hydrogen) atoms. The third-order valence-electron chi connectivity index (χ3n) is 3.10. The van der Waals surface area contributed by atoms with Gasteiger partial charge in [-0.05, 0) is 18.2 Å². The quantitative estimate of drug-likeness (QED) is 0.479. The van der Waals surface area contributed by atoms with Gasteiger partial charge in [0.15, 0.2) is 5.69 Å². The SMILES string of the molecule is COC(=O)c1c(C#C[Si](C)(C)C)ccn1S(=O)(=O)c1ccccc1. The topological polar surface area (TPSA) is 65.4 Å². The number of carbonyl (C=O) groups is 1. The molecule has 0 saturated carbocycles. The molecule has 0 unspecified atom stereocenters. The predicted octanol–water partition coefficient (Wildman–Crippen LogP) is 2.74. The molecule has 0 fully saturated rings. The molecule has 1 aromatic heterocycles. The lowest BCUT2D eigenvalue weighted by molar-refractivity contribution is 0.0592. The monoisotopic (exact) mass is 361 g/mol. The Hall–Kier alpha value is -2.30. The van der Waals surface area contributed by atoms with Crippen molar-refractivity contribution >= 4 is 24.1 Å². The van der Waals surface area contributed by atoms with Crippen molar-refractivity contribution in [2.45, 2.75) is 24.5 Å². The first-order chi connectivity index (χ1) is 11.2. The Kier molecular flexibility index (Phi) is 5.01. The molecule has 1 aromatic carbocycles. The van der Waals surface area contributed by atoms with E-state index in [0.29, 0.717) is 5.56 Å². The summed E-state index contributed by atoms with van der Waals surface area (Å²) in [6.45, 7) is 6.20. The molecule has 0 aliphatic carbocycles. The fraction of sp³-hybridized carbons (Fsp3) is 0.235. The fourth-order valence-corrected chi connectivity index (χ4v) is 3.85. The Balaban J connectivity index is 2.66. The Morgan fingerprint density at radius 3 is 2.29 bits per heavy atom. The number of aromatic nitrogens is 1. The summed E-state index contributed by atoms with van der Waals surface area (Å²) in [5.74, 6) is 2.20. The zero-order chi connectivity index (χ0) is 18.0. The van der Waals surface area contributed by atoms with Gasteiger partial charge in [-0.2, -0.15) is 0 Å². The third kappa shape index (κ3) is 3.78. The predicted molar refractivity (Wildman–Crippen MR) is 95.0 cm³/mol. The van der Waals surface area contributed by atoms with Gasteiger partial charge in [0.05, 0.1) is 17.6 Å². The van der Waals surface area contributed by atoms with Crippen molar-refractivity contribution in [3.8, 4) is 11.5 Å². The fourth-order valence-electron chi connectivity index (χ4n) is 1.97. The molecular formula is C17H19NO4SSi. The second-order valence-electron chi connectivity index (χ2n) is 6.18. The van der Waals surface area contributed by atoms with Crippen molar-refractivity contribution in [2.24, 2.45) is 0 Å². The standard InChI is InChI=1S/C17H19NO4SSi/c1-22-17(19)16-14(11-13-24(2,3)4)10-12-18(16)23(20,21)15-8-6-5-7-9-15/h5-10,12H,1-4H3. The summed E-state index contributed by atoms with van der Waals surface area (Å²) in [7, 11) is -4.37. The smallest absolute Gasteiger partial charge is 0.357 e. The van der Waals surface area contributed by atoms with Crippen LogP contribution in [0.5, 0.6) is 0 Å². The highest BCUT2D eigenvalue weighted by Gasteiger charge is 2.26. The Morgan fingerprint density at radius 2 is 1.75 bits per heavy atom. The van der Waals surface area contributed by atoms with Crippen LogP contribution in [-0.2, 0) is 14.8 Å². The van der Waals surface area contributed by atoms with Crippen molar-refractivity contribution in [3.63, 3.8) is 0 Å². The van der Waals surface area contributed by atoms with Gasteiger partial charge in [-0.1, -0.05) is 43.8 Å². The Morgan fingerprint density at radius 1 is 1.12 bits per heavy atom. The van der Waals surface area contributed by atoms with Crippen LogP contribution in [-0.4, -0.2) is 33.5 Å². The second kappa shape index (κ2) is 6.67. The van der Waals surface area contributed by atoms with Gasteiger partial charge in [-0.3, -0.25) is 0 Å². The number of nitrogens with zero attached hydrogens (tertiary/aromatic N) is 1. The number of hydrogen-bond donors (Lipinski definition) is 0. The molecule has 126 valence electrons. The number of benzene rings is 1. The molecule has 5 nitrogen and oxygen atoms in total. The molecule has 0 saturated heterocycles. The largest absolute Gasteiger partial charge is 0.464 e. The van der Waals surface area contributed by atoms with Crippen LogP contribution in [0.3, 0.4) is 0 Å². The van der Waals surface area contributed by atoms with Crippen molar-refractivity contribution in [2.75, 3.05) is 7.11 Å². The molecule has 0 amide bonds. The molecule has 0 bridgehead atoms. The molecule has 1 heterocycles. The van der Waals surface area contributed by atoms with Gasteiger partial charge >= 0.3 is 5.97 Å². The minimum absolute atomic E-state index is 0.0768. The maximum atomic E-state index is 12.8. The van der Waals surface area contributed by atoms with E-state index in [0.717, 1.165) is 3.97 Å². The average molecular weight is 361 g/mol. The summed E-state index contributed by atoms with van der Waals surface area (Å²) in [6.07, 6.45) is 1.34. The molecule has 0 N–H and O–H groups in total. The lowest BCUT2D eigenvalue weighted by Gasteiger charge is -2.10. The van der Waals surface area contributed by atoms with Crippen molar-refractivity contribution in [1.29, 1.82) is 0 Å². The van der Waals surface area contributed by atoms with Crippen LogP contribution >= 0.6 is 0 Å². The summed E-state index contributed by atoms with van der Waals surface area (Å²) in [6, 6.07) is 9.45.